The monoisotopic (exact) mass is 461 g/mol. The summed E-state index contributed by atoms with van der Waals surface area (Å²) in [7, 11) is 0. The van der Waals surface area contributed by atoms with Crippen molar-refractivity contribution in [1.82, 2.24) is 15.5 Å². The number of nitrogens with one attached hydrogen (secondary N) is 2. The van der Waals surface area contributed by atoms with Gasteiger partial charge in [0.2, 0.25) is 11.8 Å². The van der Waals surface area contributed by atoms with Crippen molar-refractivity contribution in [3.05, 3.63) is 35.4 Å². The van der Waals surface area contributed by atoms with Gasteiger partial charge in [-0.15, -0.1) is 0 Å². The van der Waals surface area contributed by atoms with Crippen molar-refractivity contribution >= 4 is 17.9 Å². The summed E-state index contributed by atoms with van der Waals surface area (Å²) in [5.41, 5.74) is 0.416. The van der Waals surface area contributed by atoms with Gasteiger partial charge in [0.05, 0.1) is 0 Å². The summed E-state index contributed by atoms with van der Waals surface area (Å²) in [5, 5.41) is 5.64. The van der Waals surface area contributed by atoms with Crippen molar-refractivity contribution in [1.29, 1.82) is 0 Å². The molecule has 2 N–H and O–H groups in total. The number of hydrogen-bond donors (Lipinski definition) is 2. The van der Waals surface area contributed by atoms with Gasteiger partial charge in [-0.3, -0.25) is 9.59 Å². The number of alkyl carbamates (subject to hydrolysis) is 1. The van der Waals surface area contributed by atoms with Crippen LogP contribution >= 0.6 is 0 Å². The molecule has 0 aliphatic rings. The van der Waals surface area contributed by atoms with Gasteiger partial charge in [0.1, 0.15) is 17.7 Å². The van der Waals surface area contributed by atoms with Gasteiger partial charge in [0, 0.05) is 12.1 Å². The molecule has 0 spiro atoms. The van der Waals surface area contributed by atoms with E-state index in [-0.39, 0.29) is 11.8 Å². The van der Waals surface area contributed by atoms with Crippen LogP contribution in [0.25, 0.3) is 0 Å². The van der Waals surface area contributed by atoms with Crippen molar-refractivity contribution in [3.8, 4) is 0 Å². The van der Waals surface area contributed by atoms with Crippen LogP contribution in [0.2, 0.25) is 0 Å². The Labute approximate surface area is 199 Å². The zero-order valence-corrected chi connectivity index (χ0v) is 21.9. The number of amides is 3. The molecule has 2 atom stereocenters. The molecule has 7 nitrogen and oxygen atoms in total. The van der Waals surface area contributed by atoms with Gasteiger partial charge in [-0.2, -0.15) is 0 Å². The van der Waals surface area contributed by atoms with Gasteiger partial charge in [-0.05, 0) is 66.9 Å². The standard InChI is InChI=1S/C26H43N3O4/c1-10-12-16-27-22(30)21(20-15-13-14-18(3)17-20)29(26(8,9)11-2)23(31)19(4)28-24(32)33-25(5,6)7/h13-15,17,19,21H,10-12,16H2,1-9H3,(H,27,30)(H,28,32). The number of nitrogens with zero attached hydrogens (tertiary/aromatic N) is 1. The first-order valence-electron chi connectivity index (χ1n) is 11.9. The summed E-state index contributed by atoms with van der Waals surface area (Å²) >= 11 is 0. The quantitative estimate of drug-likeness (QED) is 0.486. The molecule has 1 aromatic rings. The molecule has 0 radical (unpaired) electrons. The summed E-state index contributed by atoms with van der Waals surface area (Å²) in [6, 6.07) is 5.95. The Morgan fingerprint density at radius 2 is 1.73 bits per heavy atom. The minimum absolute atomic E-state index is 0.228. The summed E-state index contributed by atoms with van der Waals surface area (Å²) in [4.78, 5) is 41.2. The Morgan fingerprint density at radius 3 is 2.24 bits per heavy atom. The second-order valence-corrected chi connectivity index (χ2v) is 10.2. The molecule has 0 saturated heterocycles. The Kier molecular flexibility index (Phi) is 10.4. The molecule has 0 aromatic heterocycles. The molecule has 1 aromatic carbocycles. The lowest BCUT2D eigenvalue weighted by molar-refractivity contribution is -0.149. The fourth-order valence-corrected chi connectivity index (χ4v) is 3.44. The third-order valence-electron chi connectivity index (χ3n) is 5.55. The molecule has 0 aliphatic heterocycles. The van der Waals surface area contributed by atoms with Crippen molar-refractivity contribution in [2.75, 3.05) is 6.54 Å². The smallest absolute Gasteiger partial charge is 0.408 e. The molecule has 0 bridgehead atoms. The normalized spacial score (nSPS) is 13.6. The lowest BCUT2D eigenvalue weighted by atomic mass is 9.91. The third-order valence-corrected chi connectivity index (χ3v) is 5.55. The average Bonchev–Trinajstić information content (AvgIpc) is 2.69. The van der Waals surface area contributed by atoms with E-state index in [0.717, 1.165) is 24.0 Å². The van der Waals surface area contributed by atoms with E-state index >= 15 is 0 Å². The number of hydrogen-bond acceptors (Lipinski definition) is 4. The summed E-state index contributed by atoms with van der Waals surface area (Å²) in [6.07, 6.45) is 1.77. The van der Waals surface area contributed by atoms with Crippen molar-refractivity contribution in [2.45, 2.75) is 105 Å². The van der Waals surface area contributed by atoms with E-state index in [4.69, 9.17) is 4.74 Å². The van der Waals surface area contributed by atoms with E-state index < -0.39 is 29.3 Å². The second kappa shape index (κ2) is 12.1. The molecular weight excluding hydrogens is 418 g/mol. The third kappa shape index (κ3) is 8.71. The average molecular weight is 462 g/mol. The van der Waals surface area contributed by atoms with Crippen LogP contribution in [-0.2, 0) is 14.3 Å². The SMILES string of the molecule is CCCCNC(=O)C(c1cccc(C)c1)N(C(=O)C(C)NC(=O)OC(C)(C)C)C(C)(C)CC. The highest BCUT2D eigenvalue weighted by Gasteiger charge is 2.42. The van der Waals surface area contributed by atoms with Crippen LogP contribution in [-0.4, -0.2) is 46.5 Å². The Morgan fingerprint density at radius 1 is 1.09 bits per heavy atom. The fraction of sp³-hybridized carbons (Fsp3) is 0.654. The van der Waals surface area contributed by atoms with E-state index in [1.165, 1.54) is 0 Å². The molecule has 0 saturated carbocycles. The highest BCUT2D eigenvalue weighted by atomic mass is 16.6. The Bertz CT molecular complexity index is 814. The minimum Gasteiger partial charge on any atom is -0.444 e. The van der Waals surface area contributed by atoms with Crippen molar-refractivity contribution < 1.29 is 19.1 Å². The fourth-order valence-electron chi connectivity index (χ4n) is 3.44. The molecular formula is C26H43N3O4. The predicted molar refractivity (Wildman–Crippen MR) is 132 cm³/mol. The molecule has 33 heavy (non-hydrogen) atoms. The van der Waals surface area contributed by atoms with Crippen molar-refractivity contribution in [3.63, 3.8) is 0 Å². The van der Waals surface area contributed by atoms with Crippen LogP contribution in [0.4, 0.5) is 4.79 Å². The number of carbonyl (C=O) groups is 3. The maximum atomic E-state index is 13.8. The second-order valence-electron chi connectivity index (χ2n) is 10.2. The van der Waals surface area contributed by atoms with Gasteiger partial charge in [0.15, 0.2) is 0 Å². The predicted octanol–water partition coefficient (Wildman–Crippen LogP) is 4.88. The number of ether oxygens (including phenoxy) is 1. The molecule has 7 heteroatoms. The first-order valence-corrected chi connectivity index (χ1v) is 11.9. The topological polar surface area (TPSA) is 87.7 Å². The first kappa shape index (κ1) is 28.5. The molecule has 2 unspecified atom stereocenters. The van der Waals surface area contributed by atoms with Gasteiger partial charge in [-0.1, -0.05) is 50.1 Å². The minimum atomic E-state index is -0.874. The van der Waals surface area contributed by atoms with Gasteiger partial charge in [0.25, 0.3) is 0 Å². The van der Waals surface area contributed by atoms with Crippen molar-refractivity contribution in [2.24, 2.45) is 0 Å². The van der Waals surface area contributed by atoms with E-state index in [0.29, 0.717) is 13.0 Å². The molecule has 186 valence electrons. The molecule has 3 amide bonds. The Balaban J connectivity index is 3.40. The number of benzene rings is 1. The molecule has 1 rings (SSSR count). The zero-order chi connectivity index (χ0) is 25.4. The van der Waals surface area contributed by atoms with Gasteiger partial charge in [-0.25, -0.2) is 4.79 Å². The number of carbonyl (C=O) groups excluding carboxylic acids is 3. The lowest BCUT2D eigenvalue weighted by Crippen LogP contribution is -2.58. The van der Waals surface area contributed by atoms with E-state index in [1.54, 1.807) is 32.6 Å². The van der Waals surface area contributed by atoms with E-state index in [2.05, 4.69) is 17.6 Å². The molecule has 0 fully saturated rings. The lowest BCUT2D eigenvalue weighted by Gasteiger charge is -2.44. The van der Waals surface area contributed by atoms with Crippen LogP contribution in [0.15, 0.2) is 24.3 Å². The summed E-state index contributed by atoms with van der Waals surface area (Å²) < 4.78 is 5.32. The van der Waals surface area contributed by atoms with E-state index in [9.17, 15) is 14.4 Å². The zero-order valence-electron chi connectivity index (χ0n) is 21.9. The molecule has 0 aliphatic carbocycles. The summed E-state index contributed by atoms with van der Waals surface area (Å²) in [6.45, 7) is 17.3. The van der Waals surface area contributed by atoms with Crippen LogP contribution in [0, 0.1) is 6.92 Å². The van der Waals surface area contributed by atoms with Crippen LogP contribution < -0.4 is 10.6 Å². The van der Waals surface area contributed by atoms with Gasteiger partial charge < -0.3 is 20.3 Å². The number of unbranched alkanes of at least 4 members (excludes halogenated alkanes) is 1. The highest BCUT2D eigenvalue weighted by molar-refractivity contribution is 5.92. The number of rotatable bonds is 10. The van der Waals surface area contributed by atoms with Gasteiger partial charge >= 0.3 is 6.09 Å². The van der Waals surface area contributed by atoms with Crippen LogP contribution in [0.1, 0.15) is 91.8 Å². The van der Waals surface area contributed by atoms with Crippen LogP contribution in [0.5, 0.6) is 0 Å². The largest absolute Gasteiger partial charge is 0.444 e. The molecule has 0 heterocycles. The Hall–Kier alpha value is -2.57. The summed E-state index contributed by atoms with van der Waals surface area (Å²) in [5.74, 6) is -0.571. The highest BCUT2D eigenvalue weighted by Crippen LogP contribution is 2.32. The number of aryl methyl sites for hydroxylation is 1. The maximum Gasteiger partial charge on any atom is 0.408 e. The first-order chi connectivity index (χ1) is 15.2. The maximum absolute atomic E-state index is 13.8. The van der Waals surface area contributed by atoms with Crippen LogP contribution in [0.3, 0.4) is 0 Å². The van der Waals surface area contributed by atoms with E-state index in [1.807, 2.05) is 52.0 Å².